The van der Waals surface area contributed by atoms with Crippen LogP contribution in [0.2, 0.25) is 0 Å². The molecule has 0 saturated heterocycles. The maximum Gasteiger partial charge on any atom is 0.242 e. The molecule has 0 aromatic rings. The lowest BCUT2D eigenvalue weighted by atomic mass is 10.5. The number of hydrogen-bond acceptors (Lipinski definition) is 1. The quantitative estimate of drug-likeness (QED) is 0.451. The van der Waals surface area contributed by atoms with Gasteiger partial charge in [0.1, 0.15) is 0 Å². The van der Waals surface area contributed by atoms with Gasteiger partial charge < -0.3 is 0 Å². The third-order valence-corrected chi connectivity index (χ3v) is 0.456. The topological polar surface area (TPSA) is 29.4 Å². The van der Waals surface area contributed by atoms with Crippen LogP contribution in [0.5, 0.6) is 0 Å². The molecule has 0 rings (SSSR count). The SMILES string of the molecule is CCC=NC(C)=O. The monoisotopic (exact) mass is 99.1 g/mol. The maximum absolute atomic E-state index is 10.0. The van der Waals surface area contributed by atoms with E-state index in [1.807, 2.05) is 6.92 Å². The van der Waals surface area contributed by atoms with E-state index in [0.717, 1.165) is 6.42 Å². The number of rotatable bonds is 1. The smallest absolute Gasteiger partial charge is 0.242 e. The normalized spacial score (nSPS) is 10.0. The Morgan fingerprint density at radius 3 is 2.57 bits per heavy atom. The van der Waals surface area contributed by atoms with Gasteiger partial charge in [0.15, 0.2) is 0 Å². The second kappa shape index (κ2) is 3.53. The van der Waals surface area contributed by atoms with Crippen LogP contribution in [0.25, 0.3) is 0 Å². The number of amides is 1. The summed E-state index contributed by atoms with van der Waals surface area (Å²) in [5, 5.41) is 0. The van der Waals surface area contributed by atoms with Crippen LogP contribution >= 0.6 is 0 Å². The van der Waals surface area contributed by atoms with Crippen molar-refractivity contribution in [2.24, 2.45) is 4.99 Å². The molecule has 0 radical (unpaired) electrons. The number of carbonyl (C=O) groups is 1. The third-order valence-electron chi connectivity index (χ3n) is 0.456. The van der Waals surface area contributed by atoms with Gasteiger partial charge in [0.25, 0.3) is 0 Å². The van der Waals surface area contributed by atoms with E-state index in [4.69, 9.17) is 0 Å². The van der Waals surface area contributed by atoms with Gasteiger partial charge in [-0.15, -0.1) is 0 Å². The van der Waals surface area contributed by atoms with E-state index in [1.54, 1.807) is 6.21 Å². The second-order valence-corrected chi connectivity index (χ2v) is 1.24. The van der Waals surface area contributed by atoms with Gasteiger partial charge >= 0.3 is 0 Å². The highest BCUT2D eigenvalue weighted by molar-refractivity contribution is 5.82. The van der Waals surface area contributed by atoms with Crippen molar-refractivity contribution in [1.82, 2.24) is 0 Å². The molecular formula is C5H9NO. The van der Waals surface area contributed by atoms with Gasteiger partial charge in [0, 0.05) is 13.1 Å². The van der Waals surface area contributed by atoms with Gasteiger partial charge in [-0.25, -0.2) is 4.99 Å². The first-order valence-electron chi connectivity index (χ1n) is 2.30. The van der Waals surface area contributed by atoms with Crippen LogP contribution in [0, 0.1) is 0 Å². The molecule has 0 spiro atoms. The van der Waals surface area contributed by atoms with Gasteiger partial charge in [-0.2, -0.15) is 0 Å². The number of hydrogen-bond donors (Lipinski definition) is 0. The molecule has 0 atom stereocenters. The summed E-state index contributed by atoms with van der Waals surface area (Å²) in [6, 6.07) is 0. The first-order chi connectivity index (χ1) is 3.27. The molecule has 0 fully saturated rings. The van der Waals surface area contributed by atoms with Gasteiger partial charge in [-0.1, -0.05) is 6.92 Å². The Balaban J connectivity index is 3.26. The second-order valence-electron chi connectivity index (χ2n) is 1.24. The van der Waals surface area contributed by atoms with Crippen molar-refractivity contribution < 1.29 is 4.79 Å². The van der Waals surface area contributed by atoms with Gasteiger partial charge in [0.2, 0.25) is 5.91 Å². The Morgan fingerprint density at radius 1 is 1.86 bits per heavy atom. The van der Waals surface area contributed by atoms with Crippen LogP contribution in [0.3, 0.4) is 0 Å². The Labute approximate surface area is 43.3 Å². The molecule has 7 heavy (non-hydrogen) atoms. The average molecular weight is 99.1 g/mol. The lowest BCUT2D eigenvalue weighted by Gasteiger charge is -1.74. The van der Waals surface area contributed by atoms with Crippen LogP contribution in [0.4, 0.5) is 0 Å². The van der Waals surface area contributed by atoms with Crippen LogP contribution in [0.15, 0.2) is 4.99 Å². The first kappa shape index (κ1) is 6.34. The Kier molecular flexibility index (Phi) is 3.19. The van der Waals surface area contributed by atoms with Gasteiger partial charge in [-0.3, -0.25) is 4.79 Å². The van der Waals surface area contributed by atoms with Crippen LogP contribution in [0.1, 0.15) is 20.3 Å². The number of aliphatic imine (C=N–C) groups is 1. The number of carbonyl (C=O) groups excluding carboxylic acids is 1. The van der Waals surface area contributed by atoms with E-state index < -0.39 is 0 Å². The summed E-state index contributed by atoms with van der Waals surface area (Å²) < 4.78 is 0. The van der Waals surface area contributed by atoms with Gasteiger partial charge in [0.05, 0.1) is 0 Å². The van der Waals surface area contributed by atoms with Crippen molar-refractivity contribution in [2.75, 3.05) is 0 Å². The number of nitrogens with zero attached hydrogens (tertiary/aromatic N) is 1. The molecule has 0 heterocycles. The molecule has 0 unspecified atom stereocenters. The summed E-state index contributed by atoms with van der Waals surface area (Å²) in [5.41, 5.74) is 0. The Morgan fingerprint density at radius 2 is 2.43 bits per heavy atom. The first-order valence-corrected chi connectivity index (χ1v) is 2.30. The van der Waals surface area contributed by atoms with Crippen LogP contribution in [-0.4, -0.2) is 12.1 Å². The van der Waals surface area contributed by atoms with Crippen molar-refractivity contribution in [2.45, 2.75) is 20.3 Å². The molecule has 2 heteroatoms. The van der Waals surface area contributed by atoms with Crippen molar-refractivity contribution >= 4 is 12.1 Å². The van der Waals surface area contributed by atoms with Crippen molar-refractivity contribution in [3.63, 3.8) is 0 Å². The predicted octanol–water partition coefficient (Wildman–Crippen LogP) is 1.01. The maximum atomic E-state index is 10.0. The zero-order valence-electron chi connectivity index (χ0n) is 4.64. The van der Waals surface area contributed by atoms with Crippen LogP contribution < -0.4 is 0 Å². The summed E-state index contributed by atoms with van der Waals surface area (Å²) >= 11 is 0. The lowest BCUT2D eigenvalue weighted by molar-refractivity contribution is -0.115. The molecule has 2 nitrogen and oxygen atoms in total. The van der Waals surface area contributed by atoms with E-state index in [1.165, 1.54) is 6.92 Å². The molecule has 0 aromatic heterocycles. The van der Waals surface area contributed by atoms with E-state index >= 15 is 0 Å². The summed E-state index contributed by atoms with van der Waals surface area (Å²) in [6.07, 6.45) is 2.43. The van der Waals surface area contributed by atoms with Crippen LogP contribution in [-0.2, 0) is 4.79 Å². The minimum Gasteiger partial charge on any atom is -0.273 e. The highest BCUT2D eigenvalue weighted by Crippen LogP contribution is 1.70. The molecule has 0 aliphatic carbocycles. The summed E-state index contributed by atoms with van der Waals surface area (Å²) in [6.45, 7) is 3.37. The fraction of sp³-hybridized carbons (Fsp3) is 0.600. The highest BCUT2D eigenvalue weighted by atomic mass is 16.1. The van der Waals surface area contributed by atoms with Crippen molar-refractivity contribution in [3.05, 3.63) is 0 Å². The van der Waals surface area contributed by atoms with E-state index in [-0.39, 0.29) is 5.91 Å². The van der Waals surface area contributed by atoms with Gasteiger partial charge in [-0.05, 0) is 6.42 Å². The summed E-state index contributed by atoms with van der Waals surface area (Å²) in [7, 11) is 0. The molecule has 1 amide bonds. The molecule has 0 aliphatic rings. The zero-order valence-corrected chi connectivity index (χ0v) is 4.64. The fourth-order valence-corrected chi connectivity index (χ4v) is 0.220. The molecule has 0 N–H and O–H groups in total. The summed E-state index contributed by atoms with van der Waals surface area (Å²) in [5.74, 6) is -0.123. The minimum atomic E-state index is -0.123. The molecule has 40 valence electrons. The zero-order chi connectivity index (χ0) is 5.70. The largest absolute Gasteiger partial charge is 0.273 e. The van der Waals surface area contributed by atoms with E-state index in [9.17, 15) is 4.79 Å². The third kappa shape index (κ3) is 5.34. The van der Waals surface area contributed by atoms with E-state index in [0.29, 0.717) is 0 Å². The Hall–Kier alpha value is -0.660. The van der Waals surface area contributed by atoms with Crippen molar-refractivity contribution in [1.29, 1.82) is 0 Å². The summed E-state index contributed by atoms with van der Waals surface area (Å²) in [4.78, 5) is 13.5. The molecule has 0 bridgehead atoms. The highest BCUT2D eigenvalue weighted by Gasteiger charge is 1.76. The lowest BCUT2D eigenvalue weighted by Crippen LogP contribution is -1.81. The van der Waals surface area contributed by atoms with Crippen molar-refractivity contribution in [3.8, 4) is 0 Å². The molecule has 0 aromatic carbocycles. The minimum absolute atomic E-state index is 0.123. The fourth-order valence-electron chi connectivity index (χ4n) is 0.220. The Bertz CT molecular complexity index is 86.1. The van der Waals surface area contributed by atoms with E-state index in [2.05, 4.69) is 4.99 Å². The molecule has 0 aliphatic heterocycles. The molecular weight excluding hydrogens is 90.1 g/mol. The molecule has 0 saturated carbocycles. The standard InChI is InChI=1S/C5H9NO/c1-3-4-6-5(2)7/h4H,3H2,1-2H3. The average Bonchev–Trinajstić information content (AvgIpc) is 1.61. The predicted molar refractivity (Wildman–Crippen MR) is 29.5 cm³/mol.